The minimum Gasteiger partial charge on any atom is -0.457 e. The first kappa shape index (κ1) is 22.3. The van der Waals surface area contributed by atoms with E-state index in [9.17, 15) is 4.79 Å². The summed E-state index contributed by atoms with van der Waals surface area (Å²) >= 11 is 13.6. The zero-order valence-corrected chi connectivity index (χ0v) is 20.2. The van der Waals surface area contributed by atoms with Gasteiger partial charge in [0.2, 0.25) is 0 Å². The number of furan rings is 1. The van der Waals surface area contributed by atoms with Crippen LogP contribution in [0.15, 0.2) is 75.0 Å². The zero-order valence-electron chi connectivity index (χ0n) is 17.8. The minimum atomic E-state index is -0.00549. The Kier molecular flexibility index (Phi) is 6.63. The summed E-state index contributed by atoms with van der Waals surface area (Å²) in [6.07, 6.45) is 7.33. The number of hydrogen-bond acceptors (Lipinski definition) is 4. The van der Waals surface area contributed by atoms with E-state index in [1.165, 1.54) is 18.2 Å². The fraction of sp³-hybridized carbons (Fsp3) is 0.231. The van der Waals surface area contributed by atoms with E-state index in [0.717, 1.165) is 42.1 Å². The number of amidine groups is 1. The van der Waals surface area contributed by atoms with E-state index in [0.29, 0.717) is 26.5 Å². The van der Waals surface area contributed by atoms with E-state index in [1.54, 1.807) is 18.2 Å². The Labute approximate surface area is 207 Å². The largest absolute Gasteiger partial charge is 0.457 e. The Morgan fingerprint density at radius 1 is 0.970 bits per heavy atom. The van der Waals surface area contributed by atoms with Gasteiger partial charge in [-0.1, -0.05) is 60.7 Å². The van der Waals surface area contributed by atoms with E-state index >= 15 is 0 Å². The van der Waals surface area contributed by atoms with Crippen molar-refractivity contribution in [2.45, 2.75) is 38.1 Å². The van der Waals surface area contributed by atoms with Crippen molar-refractivity contribution in [3.05, 3.63) is 81.4 Å². The molecule has 0 bridgehead atoms. The summed E-state index contributed by atoms with van der Waals surface area (Å²) in [6.45, 7) is 0. The summed E-state index contributed by atoms with van der Waals surface area (Å²) in [5.41, 5.74) is 1.67. The fourth-order valence-electron chi connectivity index (χ4n) is 4.20. The van der Waals surface area contributed by atoms with Crippen LogP contribution in [-0.2, 0) is 4.79 Å². The first-order valence-corrected chi connectivity index (χ1v) is 12.6. The Balaban J connectivity index is 1.45. The molecule has 1 saturated heterocycles. The molecule has 2 aliphatic rings. The van der Waals surface area contributed by atoms with E-state index in [-0.39, 0.29) is 11.9 Å². The van der Waals surface area contributed by atoms with Crippen molar-refractivity contribution in [1.82, 2.24) is 4.90 Å². The highest BCUT2D eigenvalue weighted by Gasteiger charge is 2.38. The monoisotopic (exact) mass is 496 g/mol. The number of carbonyl (C=O) groups is 1. The van der Waals surface area contributed by atoms with Crippen molar-refractivity contribution in [3.8, 4) is 11.3 Å². The number of benzene rings is 2. The van der Waals surface area contributed by atoms with Crippen molar-refractivity contribution in [3.63, 3.8) is 0 Å². The molecule has 7 heteroatoms. The summed E-state index contributed by atoms with van der Waals surface area (Å²) < 4.78 is 6.01. The van der Waals surface area contributed by atoms with E-state index < -0.39 is 0 Å². The summed E-state index contributed by atoms with van der Waals surface area (Å²) in [5, 5.41) is 1.70. The molecule has 0 unspecified atom stereocenters. The molecule has 0 atom stereocenters. The predicted molar refractivity (Wildman–Crippen MR) is 137 cm³/mol. The predicted octanol–water partition coefficient (Wildman–Crippen LogP) is 8.19. The number of para-hydroxylation sites is 1. The van der Waals surface area contributed by atoms with Gasteiger partial charge in [-0.15, -0.1) is 0 Å². The number of aliphatic imine (C=N–C) groups is 1. The summed E-state index contributed by atoms with van der Waals surface area (Å²) in [5.74, 6) is 1.27. The van der Waals surface area contributed by atoms with E-state index in [2.05, 4.69) is 0 Å². The second-order valence-electron chi connectivity index (χ2n) is 8.14. The molecule has 2 heterocycles. The Morgan fingerprint density at radius 3 is 2.52 bits per heavy atom. The third-order valence-corrected chi connectivity index (χ3v) is 7.58. The second-order valence-corrected chi connectivity index (χ2v) is 9.96. The lowest BCUT2D eigenvalue weighted by Gasteiger charge is -2.30. The Bertz CT molecular complexity index is 1230. The van der Waals surface area contributed by atoms with Crippen molar-refractivity contribution in [2.75, 3.05) is 0 Å². The van der Waals surface area contributed by atoms with Gasteiger partial charge in [0.15, 0.2) is 5.17 Å². The second kappa shape index (κ2) is 9.80. The molecule has 1 aliphatic heterocycles. The molecular formula is C26H22Cl2N2O2S. The van der Waals surface area contributed by atoms with Gasteiger partial charge in [-0.25, -0.2) is 4.99 Å². The van der Waals surface area contributed by atoms with Crippen LogP contribution in [0.25, 0.3) is 17.4 Å². The molecule has 4 nitrogen and oxygen atoms in total. The maximum Gasteiger partial charge on any atom is 0.267 e. The molecule has 1 aliphatic carbocycles. The van der Waals surface area contributed by atoms with Crippen LogP contribution in [0.1, 0.15) is 37.9 Å². The molecular weight excluding hydrogens is 475 g/mol. The molecule has 2 fully saturated rings. The van der Waals surface area contributed by atoms with Crippen molar-refractivity contribution in [2.24, 2.45) is 4.99 Å². The van der Waals surface area contributed by atoms with Crippen molar-refractivity contribution in [1.29, 1.82) is 0 Å². The number of carbonyl (C=O) groups excluding carboxylic acids is 1. The highest BCUT2D eigenvalue weighted by molar-refractivity contribution is 8.18. The number of hydrogen-bond donors (Lipinski definition) is 0. The summed E-state index contributed by atoms with van der Waals surface area (Å²) in [7, 11) is 0. The molecule has 1 aromatic heterocycles. The van der Waals surface area contributed by atoms with Gasteiger partial charge in [-0.3, -0.25) is 9.69 Å². The maximum atomic E-state index is 13.5. The lowest BCUT2D eigenvalue weighted by Crippen LogP contribution is -2.40. The van der Waals surface area contributed by atoms with Gasteiger partial charge in [0.25, 0.3) is 5.91 Å². The summed E-state index contributed by atoms with van der Waals surface area (Å²) in [6, 6.07) is 19.1. The molecule has 5 rings (SSSR count). The van der Waals surface area contributed by atoms with Crippen LogP contribution in [0.2, 0.25) is 10.0 Å². The molecule has 2 aromatic carbocycles. The lowest BCUT2D eigenvalue weighted by atomic mass is 9.94. The van der Waals surface area contributed by atoms with Crippen molar-refractivity contribution < 1.29 is 9.21 Å². The highest BCUT2D eigenvalue weighted by Crippen LogP contribution is 2.39. The number of thioether (sulfide) groups is 1. The molecule has 0 radical (unpaired) electrons. The van der Waals surface area contributed by atoms with Crippen LogP contribution in [0, 0.1) is 0 Å². The zero-order chi connectivity index (χ0) is 22.8. The number of amides is 1. The standard InChI is InChI=1S/C26H22Cl2N2O2S/c27-21-13-11-17(15-22(21)28)23-14-12-20(32-23)16-24-25(31)30(19-9-5-2-6-10-19)26(33-24)29-18-7-3-1-4-8-18/h1,3-4,7-8,11-16,19H,2,5-6,9-10H2/b24-16-,29-26?. The van der Waals surface area contributed by atoms with Gasteiger partial charge in [0.05, 0.1) is 20.6 Å². The molecule has 1 saturated carbocycles. The van der Waals surface area contributed by atoms with Gasteiger partial charge >= 0.3 is 0 Å². The molecule has 1 amide bonds. The molecule has 0 spiro atoms. The molecule has 33 heavy (non-hydrogen) atoms. The van der Waals surface area contributed by atoms with Gasteiger partial charge in [0.1, 0.15) is 11.5 Å². The lowest BCUT2D eigenvalue weighted by molar-refractivity contribution is -0.124. The quantitative estimate of drug-likeness (QED) is 0.342. The number of halogens is 2. The fourth-order valence-corrected chi connectivity index (χ4v) is 5.54. The average molecular weight is 497 g/mol. The van der Waals surface area contributed by atoms with Gasteiger partial charge < -0.3 is 4.42 Å². The number of nitrogens with zero attached hydrogens (tertiary/aromatic N) is 2. The van der Waals surface area contributed by atoms with Gasteiger partial charge in [0, 0.05) is 17.7 Å². The molecule has 0 N–H and O–H groups in total. The first-order chi connectivity index (χ1) is 16.1. The highest BCUT2D eigenvalue weighted by atomic mass is 35.5. The van der Waals surface area contributed by atoms with Gasteiger partial charge in [-0.05, 0) is 67.1 Å². The normalized spacial score (nSPS) is 19.7. The smallest absolute Gasteiger partial charge is 0.267 e. The Morgan fingerprint density at radius 2 is 1.76 bits per heavy atom. The van der Waals surface area contributed by atoms with Crippen LogP contribution in [0.5, 0.6) is 0 Å². The number of rotatable bonds is 4. The molecule has 168 valence electrons. The van der Waals surface area contributed by atoms with Crippen LogP contribution < -0.4 is 0 Å². The summed E-state index contributed by atoms with van der Waals surface area (Å²) in [4.78, 5) is 20.8. The van der Waals surface area contributed by atoms with Gasteiger partial charge in [-0.2, -0.15) is 0 Å². The Hall–Kier alpha value is -2.47. The van der Waals surface area contributed by atoms with Crippen LogP contribution in [-0.4, -0.2) is 22.0 Å². The van der Waals surface area contributed by atoms with Crippen LogP contribution >= 0.6 is 35.0 Å². The van der Waals surface area contributed by atoms with Crippen LogP contribution in [0.3, 0.4) is 0 Å². The third kappa shape index (κ3) is 4.91. The van der Waals surface area contributed by atoms with Crippen LogP contribution in [0.4, 0.5) is 5.69 Å². The van der Waals surface area contributed by atoms with E-state index in [4.69, 9.17) is 32.6 Å². The first-order valence-electron chi connectivity index (χ1n) is 11.0. The SMILES string of the molecule is O=C1/C(=C/c2ccc(-c3ccc(Cl)c(Cl)c3)o2)SC(=Nc2ccccc2)N1C1CCCCC1. The van der Waals surface area contributed by atoms with E-state index in [1.807, 2.05) is 53.4 Å². The third-order valence-electron chi connectivity index (χ3n) is 5.86. The van der Waals surface area contributed by atoms with Crippen molar-refractivity contribution >= 4 is 57.8 Å². The molecule has 3 aromatic rings. The minimum absolute atomic E-state index is 0.00549. The topological polar surface area (TPSA) is 45.8 Å². The average Bonchev–Trinajstić information content (AvgIpc) is 3.42. The maximum absolute atomic E-state index is 13.5.